The zero-order chi connectivity index (χ0) is 10.1. The number of hydrogen-bond acceptors (Lipinski definition) is 2. The molecule has 2 N–H and O–H groups in total. The lowest BCUT2D eigenvalue weighted by atomic mass is 9.95. The zero-order valence-corrected chi connectivity index (χ0v) is 9.38. The lowest BCUT2D eigenvalue weighted by molar-refractivity contribution is 0.118. The van der Waals surface area contributed by atoms with E-state index in [1.807, 2.05) is 0 Å². The molecule has 80 valence electrons. The van der Waals surface area contributed by atoms with Crippen molar-refractivity contribution in [2.45, 2.75) is 40.0 Å². The van der Waals surface area contributed by atoms with Crippen molar-refractivity contribution in [3.8, 4) is 0 Å². The van der Waals surface area contributed by atoms with Gasteiger partial charge in [0, 0.05) is 13.2 Å². The summed E-state index contributed by atoms with van der Waals surface area (Å²) in [5, 5.41) is 0. The van der Waals surface area contributed by atoms with Gasteiger partial charge in [-0.1, -0.05) is 20.8 Å². The lowest BCUT2D eigenvalue weighted by Gasteiger charge is -2.16. The van der Waals surface area contributed by atoms with E-state index in [0.717, 1.165) is 38.5 Å². The van der Waals surface area contributed by atoms with Crippen LogP contribution in [-0.4, -0.2) is 19.8 Å². The minimum Gasteiger partial charge on any atom is -0.381 e. The zero-order valence-electron chi connectivity index (χ0n) is 9.38. The van der Waals surface area contributed by atoms with Crippen LogP contribution >= 0.6 is 0 Å². The van der Waals surface area contributed by atoms with Crippen LogP contribution in [-0.2, 0) is 4.74 Å². The van der Waals surface area contributed by atoms with Gasteiger partial charge in [-0.05, 0) is 37.6 Å². The highest BCUT2D eigenvalue weighted by Crippen LogP contribution is 2.13. The van der Waals surface area contributed by atoms with E-state index >= 15 is 0 Å². The number of hydrogen-bond donors (Lipinski definition) is 1. The quantitative estimate of drug-likeness (QED) is 0.592. The summed E-state index contributed by atoms with van der Waals surface area (Å²) in [5.74, 6) is 1.40. The maximum atomic E-state index is 5.68. The molecule has 0 rings (SSSR count). The van der Waals surface area contributed by atoms with Crippen molar-refractivity contribution in [3.05, 3.63) is 0 Å². The molecule has 0 aromatic carbocycles. The standard InChI is InChI=1S/C11H25NO/c1-4-6-13-7-5-11(9-12)8-10(2)3/h10-11H,4-9,12H2,1-3H3. The average molecular weight is 187 g/mol. The molecule has 0 saturated carbocycles. The molecular formula is C11H25NO. The lowest BCUT2D eigenvalue weighted by Crippen LogP contribution is -2.18. The van der Waals surface area contributed by atoms with Crippen LogP contribution in [0.1, 0.15) is 40.0 Å². The molecule has 2 heteroatoms. The summed E-state index contributed by atoms with van der Waals surface area (Å²) in [6.07, 6.45) is 3.46. The van der Waals surface area contributed by atoms with Crippen LogP contribution in [0.25, 0.3) is 0 Å². The second-order valence-corrected chi connectivity index (χ2v) is 4.13. The van der Waals surface area contributed by atoms with Crippen molar-refractivity contribution >= 4 is 0 Å². The average Bonchev–Trinajstić information content (AvgIpc) is 2.09. The van der Waals surface area contributed by atoms with E-state index in [0.29, 0.717) is 5.92 Å². The Kier molecular flexibility index (Phi) is 8.46. The smallest absolute Gasteiger partial charge is 0.0469 e. The fraction of sp³-hybridized carbons (Fsp3) is 1.00. The van der Waals surface area contributed by atoms with Crippen LogP contribution in [0.2, 0.25) is 0 Å². The molecule has 0 aromatic heterocycles. The molecular weight excluding hydrogens is 162 g/mol. The Morgan fingerprint density at radius 3 is 2.38 bits per heavy atom. The third kappa shape index (κ3) is 8.26. The topological polar surface area (TPSA) is 35.2 Å². The van der Waals surface area contributed by atoms with Crippen LogP contribution in [0.4, 0.5) is 0 Å². The summed E-state index contributed by atoms with van der Waals surface area (Å²) in [6, 6.07) is 0. The van der Waals surface area contributed by atoms with Crippen LogP contribution in [0, 0.1) is 11.8 Å². The molecule has 0 heterocycles. The Balaban J connectivity index is 3.36. The Hall–Kier alpha value is -0.0800. The molecule has 2 nitrogen and oxygen atoms in total. The molecule has 0 amide bonds. The molecule has 0 aliphatic rings. The van der Waals surface area contributed by atoms with Crippen molar-refractivity contribution in [2.24, 2.45) is 17.6 Å². The number of nitrogens with two attached hydrogens (primary N) is 1. The van der Waals surface area contributed by atoms with E-state index in [2.05, 4.69) is 20.8 Å². The van der Waals surface area contributed by atoms with Crippen molar-refractivity contribution in [1.29, 1.82) is 0 Å². The van der Waals surface area contributed by atoms with Crippen molar-refractivity contribution in [2.75, 3.05) is 19.8 Å². The highest BCUT2D eigenvalue weighted by molar-refractivity contribution is 4.61. The fourth-order valence-electron chi connectivity index (χ4n) is 1.49. The van der Waals surface area contributed by atoms with Gasteiger partial charge in [0.25, 0.3) is 0 Å². The first-order valence-electron chi connectivity index (χ1n) is 5.48. The Labute approximate surface area is 82.8 Å². The normalized spacial score (nSPS) is 13.6. The molecule has 0 radical (unpaired) electrons. The number of rotatable bonds is 8. The fourth-order valence-corrected chi connectivity index (χ4v) is 1.49. The maximum absolute atomic E-state index is 5.68. The second kappa shape index (κ2) is 8.52. The van der Waals surface area contributed by atoms with Gasteiger partial charge in [0.1, 0.15) is 0 Å². The summed E-state index contributed by atoms with van der Waals surface area (Å²) in [7, 11) is 0. The molecule has 0 saturated heterocycles. The minimum absolute atomic E-state index is 0.650. The number of ether oxygens (including phenoxy) is 1. The van der Waals surface area contributed by atoms with E-state index in [4.69, 9.17) is 10.5 Å². The molecule has 0 aromatic rings. The summed E-state index contributed by atoms with van der Waals surface area (Å²) in [6.45, 7) is 9.19. The monoisotopic (exact) mass is 187 g/mol. The summed E-state index contributed by atoms with van der Waals surface area (Å²) in [4.78, 5) is 0. The van der Waals surface area contributed by atoms with Crippen molar-refractivity contribution < 1.29 is 4.74 Å². The highest BCUT2D eigenvalue weighted by atomic mass is 16.5. The highest BCUT2D eigenvalue weighted by Gasteiger charge is 2.08. The third-order valence-corrected chi connectivity index (χ3v) is 2.16. The SMILES string of the molecule is CCCOCCC(CN)CC(C)C. The summed E-state index contributed by atoms with van der Waals surface area (Å²) >= 11 is 0. The maximum Gasteiger partial charge on any atom is 0.0469 e. The van der Waals surface area contributed by atoms with E-state index in [1.54, 1.807) is 0 Å². The van der Waals surface area contributed by atoms with E-state index < -0.39 is 0 Å². The molecule has 0 bridgehead atoms. The molecule has 0 aliphatic carbocycles. The van der Waals surface area contributed by atoms with Crippen LogP contribution in [0.5, 0.6) is 0 Å². The Morgan fingerprint density at radius 1 is 1.23 bits per heavy atom. The van der Waals surface area contributed by atoms with Crippen molar-refractivity contribution in [3.63, 3.8) is 0 Å². The van der Waals surface area contributed by atoms with Gasteiger partial charge < -0.3 is 10.5 Å². The van der Waals surface area contributed by atoms with E-state index in [9.17, 15) is 0 Å². The first-order chi connectivity index (χ1) is 6.20. The molecule has 0 aliphatic heterocycles. The molecule has 0 fully saturated rings. The van der Waals surface area contributed by atoms with Crippen molar-refractivity contribution in [1.82, 2.24) is 0 Å². The van der Waals surface area contributed by atoms with Gasteiger partial charge in [0.15, 0.2) is 0 Å². The van der Waals surface area contributed by atoms with Gasteiger partial charge in [0.05, 0.1) is 0 Å². The van der Waals surface area contributed by atoms with Gasteiger partial charge in [-0.15, -0.1) is 0 Å². The Morgan fingerprint density at radius 2 is 1.92 bits per heavy atom. The van der Waals surface area contributed by atoms with E-state index in [-0.39, 0.29) is 0 Å². The van der Waals surface area contributed by atoms with E-state index in [1.165, 1.54) is 6.42 Å². The molecule has 13 heavy (non-hydrogen) atoms. The summed E-state index contributed by atoms with van der Waals surface area (Å²) < 4.78 is 5.44. The predicted molar refractivity (Wildman–Crippen MR) is 57.7 cm³/mol. The van der Waals surface area contributed by atoms with Gasteiger partial charge in [-0.25, -0.2) is 0 Å². The Bertz CT molecular complexity index is 104. The second-order valence-electron chi connectivity index (χ2n) is 4.13. The van der Waals surface area contributed by atoms with Gasteiger partial charge >= 0.3 is 0 Å². The van der Waals surface area contributed by atoms with Crippen LogP contribution in [0.15, 0.2) is 0 Å². The van der Waals surface area contributed by atoms with Crippen LogP contribution in [0.3, 0.4) is 0 Å². The minimum atomic E-state index is 0.650. The van der Waals surface area contributed by atoms with Crippen LogP contribution < -0.4 is 5.73 Å². The van der Waals surface area contributed by atoms with Gasteiger partial charge in [-0.2, -0.15) is 0 Å². The summed E-state index contributed by atoms with van der Waals surface area (Å²) in [5.41, 5.74) is 5.68. The molecule has 1 atom stereocenters. The third-order valence-electron chi connectivity index (χ3n) is 2.16. The van der Waals surface area contributed by atoms with Gasteiger partial charge in [-0.3, -0.25) is 0 Å². The predicted octanol–water partition coefficient (Wildman–Crippen LogP) is 2.42. The first-order valence-corrected chi connectivity index (χ1v) is 5.48. The molecule has 1 unspecified atom stereocenters. The van der Waals surface area contributed by atoms with Gasteiger partial charge in [0.2, 0.25) is 0 Å². The molecule has 0 spiro atoms. The first kappa shape index (κ1) is 12.9. The largest absolute Gasteiger partial charge is 0.381 e.